The minimum atomic E-state index is 0.836. The van der Waals surface area contributed by atoms with Crippen molar-refractivity contribution in [2.24, 2.45) is 0 Å². The lowest BCUT2D eigenvalue weighted by atomic mass is 10.0. The molecule has 0 aliphatic rings. The van der Waals surface area contributed by atoms with Gasteiger partial charge >= 0.3 is 0 Å². The molecule has 0 atom stereocenters. The van der Waals surface area contributed by atoms with Crippen molar-refractivity contribution in [1.29, 1.82) is 0 Å². The molecule has 0 unspecified atom stereocenters. The molecule has 0 heterocycles. The van der Waals surface area contributed by atoms with Crippen LogP contribution in [0.5, 0.6) is 11.5 Å². The SMILES string of the molecule is c1ccc(-c2ccc(Oc3ccccc3-c3ccccc3)cc2)cc1. The molecular weight excluding hydrogens is 304 g/mol. The van der Waals surface area contributed by atoms with Crippen LogP contribution in [0.2, 0.25) is 0 Å². The summed E-state index contributed by atoms with van der Waals surface area (Å²) in [4.78, 5) is 0. The molecule has 4 aromatic rings. The fourth-order valence-corrected chi connectivity index (χ4v) is 2.88. The molecule has 0 fully saturated rings. The van der Waals surface area contributed by atoms with Crippen molar-refractivity contribution in [3.8, 4) is 33.8 Å². The highest BCUT2D eigenvalue weighted by Crippen LogP contribution is 2.33. The quantitative estimate of drug-likeness (QED) is 0.401. The van der Waals surface area contributed by atoms with E-state index in [9.17, 15) is 0 Å². The first-order chi connectivity index (χ1) is 12.4. The average Bonchev–Trinajstić information content (AvgIpc) is 2.70. The second-order valence-corrected chi connectivity index (χ2v) is 5.85. The Morgan fingerprint density at radius 2 is 0.920 bits per heavy atom. The van der Waals surface area contributed by atoms with E-state index in [1.54, 1.807) is 0 Å². The molecule has 0 aromatic heterocycles. The number of para-hydroxylation sites is 1. The lowest BCUT2D eigenvalue weighted by molar-refractivity contribution is 0.484. The molecule has 1 nitrogen and oxygen atoms in total. The highest BCUT2D eigenvalue weighted by Gasteiger charge is 2.06. The van der Waals surface area contributed by atoms with Gasteiger partial charge in [0.1, 0.15) is 11.5 Å². The molecule has 1 heteroatoms. The fraction of sp³-hybridized carbons (Fsp3) is 0. The van der Waals surface area contributed by atoms with E-state index < -0.39 is 0 Å². The van der Waals surface area contributed by atoms with Crippen molar-refractivity contribution >= 4 is 0 Å². The molecule has 0 aliphatic carbocycles. The Bertz CT molecular complexity index is 942. The highest BCUT2D eigenvalue weighted by atomic mass is 16.5. The van der Waals surface area contributed by atoms with Crippen LogP contribution in [-0.2, 0) is 0 Å². The van der Waals surface area contributed by atoms with Gasteiger partial charge in [0.2, 0.25) is 0 Å². The summed E-state index contributed by atoms with van der Waals surface area (Å²) >= 11 is 0. The third kappa shape index (κ3) is 3.46. The Balaban J connectivity index is 1.61. The smallest absolute Gasteiger partial charge is 0.135 e. The van der Waals surface area contributed by atoms with Crippen molar-refractivity contribution in [3.63, 3.8) is 0 Å². The van der Waals surface area contributed by atoms with Crippen molar-refractivity contribution in [3.05, 3.63) is 109 Å². The Labute approximate surface area is 148 Å². The average molecular weight is 322 g/mol. The number of hydrogen-bond donors (Lipinski definition) is 0. The largest absolute Gasteiger partial charge is 0.457 e. The lowest BCUT2D eigenvalue weighted by Crippen LogP contribution is -1.88. The first kappa shape index (κ1) is 15.2. The van der Waals surface area contributed by atoms with Crippen molar-refractivity contribution in [2.45, 2.75) is 0 Å². The molecule has 0 spiro atoms. The van der Waals surface area contributed by atoms with Crippen LogP contribution in [0.25, 0.3) is 22.3 Å². The maximum atomic E-state index is 6.15. The molecule has 120 valence electrons. The zero-order chi connectivity index (χ0) is 16.9. The molecule has 0 saturated carbocycles. The molecule has 0 bridgehead atoms. The molecule has 0 radical (unpaired) electrons. The molecule has 4 aromatic carbocycles. The van der Waals surface area contributed by atoms with Crippen molar-refractivity contribution in [2.75, 3.05) is 0 Å². The second-order valence-electron chi connectivity index (χ2n) is 5.85. The summed E-state index contributed by atoms with van der Waals surface area (Å²) in [5.41, 5.74) is 4.64. The third-order valence-corrected chi connectivity index (χ3v) is 4.16. The number of ether oxygens (including phenoxy) is 1. The van der Waals surface area contributed by atoms with Crippen LogP contribution < -0.4 is 4.74 Å². The minimum Gasteiger partial charge on any atom is -0.457 e. The predicted molar refractivity (Wildman–Crippen MR) is 104 cm³/mol. The van der Waals surface area contributed by atoms with E-state index in [0.29, 0.717) is 0 Å². The molecule has 0 aliphatic heterocycles. The van der Waals surface area contributed by atoms with E-state index in [0.717, 1.165) is 22.6 Å². The van der Waals surface area contributed by atoms with Crippen LogP contribution in [0.1, 0.15) is 0 Å². The van der Waals surface area contributed by atoms with Gasteiger partial charge in [-0.15, -0.1) is 0 Å². The maximum absolute atomic E-state index is 6.15. The number of hydrogen-bond acceptors (Lipinski definition) is 1. The summed E-state index contributed by atoms with van der Waals surface area (Å²) in [6, 6.07) is 37.0. The van der Waals surface area contributed by atoms with Gasteiger partial charge < -0.3 is 4.74 Å². The van der Waals surface area contributed by atoms with Crippen molar-refractivity contribution in [1.82, 2.24) is 0 Å². The maximum Gasteiger partial charge on any atom is 0.135 e. The van der Waals surface area contributed by atoms with E-state index in [1.165, 1.54) is 11.1 Å². The fourth-order valence-electron chi connectivity index (χ4n) is 2.88. The second kappa shape index (κ2) is 7.06. The van der Waals surface area contributed by atoms with Crippen molar-refractivity contribution < 1.29 is 4.74 Å². The van der Waals surface area contributed by atoms with Crippen LogP contribution in [0.3, 0.4) is 0 Å². The molecule has 0 amide bonds. The van der Waals surface area contributed by atoms with Crippen LogP contribution >= 0.6 is 0 Å². The molecule has 4 rings (SSSR count). The third-order valence-electron chi connectivity index (χ3n) is 4.16. The standard InChI is InChI=1S/C24H18O/c1-3-9-19(10-4-1)20-15-17-22(18-16-20)25-24-14-8-7-13-23(24)21-11-5-2-6-12-21/h1-18H. The minimum absolute atomic E-state index is 0.836. The van der Waals surface area contributed by atoms with Gasteiger partial charge in [-0.3, -0.25) is 0 Å². The predicted octanol–water partition coefficient (Wildman–Crippen LogP) is 6.81. The normalized spacial score (nSPS) is 10.4. The van der Waals surface area contributed by atoms with E-state index in [-0.39, 0.29) is 0 Å². The van der Waals surface area contributed by atoms with Gasteiger partial charge in [-0.2, -0.15) is 0 Å². The monoisotopic (exact) mass is 322 g/mol. The highest BCUT2D eigenvalue weighted by molar-refractivity contribution is 5.71. The summed E-state index contributed by atoms with van der Waals surface area (Å²) in [5.74, 6) is 1.70. The molecule has 25 heavy (non-hydrogen) atoms. The Morgan fingerprint density at radius 3 is 1.60 bits per heavy atom. The summed E-state index contributed by atoms with van der Waals surface area (Å²) in [7, 11) is 0. The van der Waals surface area contributed by atoms with E-state index in [1.807, 2.05) is 54.6 Å². The molecule has 0 N–H and O–H groups in total. The Morgan fingerprint density at radius 1 is 0.400 bits per heavy atom. The van der Waals surface area contributed by atoms with Crippen LogP contribution in [0, 0.1) is 0 Å². The first-order valence-corrected chi connectivity index (χ1v) is 8.38. The van der Waals surface area contributed by atoms with E-state index in [2.05, 4.69) is 54.6 Å². The van der Waals surface area contributed by atoms with Gasteiger partial charge in [0.05, 0.1) is 0 Å². The van der Waals surface area contributed by atoms with Gasteiger partial charge in [-0.05, 0) is 34.9 Å². The van der Waals surface area contributed by atoms with E-state index >= 15 is 0 Å². The van der Waals surface area contributed by atoms with Crippen LogP contribution in [0.15, 0.2) is 109 Å². The van der Waals surface area contributed by atoms with E-state index in [4.69, 9.17) is 4.74 Å². The van der Waals surface area contributed by atoms with Crippen LogP contribution in [0.4, 0.5) is 0 Å². The topological polar surface area (TPSA) is 9.23 Å². The first-order valence-electron chi connectivity index (χ1n) is 8.38. The van der Waals surface area contributed by atoms with Gasteiger partial charge in [0.15, 0.2) is 0 Å². The zero-order valence-corrected chi connectivity index (χ0v) is 13.8. The van der Waals surface area contributed by atoms with Gasteiger partial charge in [0.25, 0.3) is 0 Å². The van der Waals surface area contributed by atoms with Gasteiger partial charge in [-0.1, -0.05) is 91.0 Å². The van der Waals surface area contributed by atoms with Gasteiger partial charge in [-0.25, -0.2) is 0 Å². The summed E-state index contributed by atoms with van der Waals surface area (Å²) in [5, 5.41) is 0. The lowest BCUT2D eigenvalue weighted by Gasteiger charge is -2.12. The Kier molecular flexibility index (Phi) is 4.30. The Hall–Kier alpha value is -3.32. The summed E-state index contributed by atoms with van der Waals surface area (Å²) in [6.45, 7) is 0. The van der Waals surface area contributed by atoms with Crippen LogP contribution in [-0.4, -0.2) is 0 Å². The number of benzene rings is 4. The number of rotatable bonds is 4. The summed E-state index contributed by atoms with van der Waals surface area (Å²) < 4.78 is 6.15. The molecule has 0 saturated heterocycles. The molecular formula is C24H18O. The summed E-state index contributed by atoms with van der Waals surface area (Å²) in [6.07, 6.45) is 0. The van der Waals surface area contributed by atoms with Gasteiger partial charge in [0, 0.05) is 5.56 Å². The zero-order valence-electron chi connectivity index (χ0n) is 13.8.